The molecule has 2 aromatic carbocycles. The van der Waals surface area contributed by atoms with Gasteiger partial charge in [0.05, 0.1) is 31.0 Å². The van der Waals surface area contributed by atoms with Crippen molar-refractivity contribution in [3.8, 4) is 5.75 Å². The summed E-state index contributed by atoms with van der Waals surface area (Å²) in [6.45, 7) is 5.78. The number of rotatable bonds is 16. The Morgan fingerprint density at radius 2 is 2.02 bits per heavy atom. The number of hydrogen-bond donors (Lipinski definition) is 4. The van der Waals surface area contributed by atoms with E-state index >= 15 is 4.39 Å². The highest BCUT2D eigenvalue weighted by molar-refractivity contribution is 6.13. The number of halogens is 2. The van der Waals surface area contributed by atoms with Crippen LogP contribution in [0.3, 0.4) is 0 Å². The third-order valence-corrected chi connectivity index (χ3v) is 8.46. The van der Waals surface area contributed by atoms with Crippen molar-refractivity contribution in [3.63, 3.8) is 0 Å². The molecule has 10 heteroatoms. The molecule has 254 valence electrons. The molecule has 2 atom stereocenters. The van der Waals surface area contributed by atoms with Crippen molar-refractivity contribution in [3.05, 3.63) is 101 Å². The van der Waals surface area contributed by atoms with Crippen LogP contribution < -0.4 is 15.4 Å². The van der Waals surface area contributed by atoms with Crippen LogP contribution in [0.25, 0.3) is 5.57 Å². The van der Waals surface area contributed by atoms with E-state index in [0.29, 0.717) is 43.2 Å². The van der Waals surface area contributed by atoms with Crippen molar-refractivity contribution >= 4 is 34.4 Å². The van der Waals surface area contributed by atoms with Crippen LogP contribution in [-0.2, 0) is 11.2 Å². The summed E-state index contributed by atoms with van der Waals surface area (Å²) in [5.41, 5.74) is 4.56. The number of fused-ring (bicyclic) bond motifs is 1. The lowest BCUT2D eigenvalue weighted by Crippen LogP contribution is -2.29. The Kier molecular flexibility index (Phi) is 13.1. The van der Waals surface area contributed by atoms with Gasteiger partial charge in [-0.3, -0.25) is 14.6 Å². The first kappa shape index (κ1) is 36.1. The van der Waals surface area contributed by atoms with Gasteiger partial charge in [0.25, 0.3) is 0 Å². The van der Waals surface area contributed by atoms with Crippen LogP contribution >= 0.6 is 0 Å². The topological polar surface area (TPSA) is 124 Å². The number of ether oxygens (including phenoxy) is 1. The van der Waals surface area contributed by atoms with Gasteiger partial charge in [-0.05, 0) is 80.0 Å². The zero-order chi connectivity index (χ0) is 34.6. The monoisotopic (exact) mass is 658 g/mol. The average molecular weight is 659 g/mol. The van der Waals surface area contributed by atoms with Crippen molar-refractivity contribution in [2.24, 2.45) is 10.9 Å². The van der Waals surface area contributed by atoms with E-state index in [1.807, 2.05) is 25.1 Å². The minimum absolute atomic E-state index is 0.0131. The summed E-state index contributed by atoms with van der Waals surface area (Å²) in [5.74, 6) is -2.89. The second kappa shape index (κ2) is 17.5. The van der Waals surface area contributed by atoms with E-state index in [1.54, 1.807) is 18.3 Å². The lowest BCUT2D eigenvalue weighted by atomic mass is 9.86. The van der Waals surface area contributed by atoms with Gasteiger partial charge in [-0.25, -0.2) is 4.39 Å². The fraction of sp³-hybridized carbons (Fsp3) is 0.368. The number of aliphatic imine (C=N–C) groups is 1. The molecule has 0 radical (unpaired) electrons. The van der Waals surface area contributed by atoms with Crippen LogP contribution in [-0.4, -0.2) is 48.0 Å². The second-order valence-electron chi connectivity index (χ2n) is 11.9. The zero-order valence-electron chi connectivity index (χ0n) is 27.6. The number of ketones is 1. The zero-order valence-corrected chi connectivity index (χ0v) is 27.6. The smallest absolute Gasteiger partial charge is 0.222 e. The summed E-state index contributed by atoms with van der Waals surface area (Å²) in [6, 6.07) is 8.43. The van der Waals surface area contributed by atoms with Gasteiger partial charge in [-0.2, -0.15) is 4.39 Å². The van der Waals surface area contributed by atoms with Crippen molar-refractivity contribution < 1.29 is 28.2 Å². The summed E-state index contributed by atoms with van der Waals surface area (Å²) in [6.07, 6.45) is 12.6. The first-order valence-corrected chi connectivity index (χ1v) is 16.4. The second-order valence-corrected chi connectivity index (χ2v) is 11.9. The van der Waals surface area contributed by atoms with Crippen molar-refractivity contribution in [2.45, 2.75) is 70.8 Å². The molecule has 0 fully saturated rings. The highest BCUT2D eigenvalue weighted by Crippen LogP contribution is 2.39. The molecule has 1 heterocycles. The van der Waals surface area contributed by atoms with E-state index in [-0.39, 0.29) is 60.4 Å². The first-order valence-electron chi connectivity index (χ1n) is 16.4. The van der Waals surface area contributed by atoms with Gasteiger partial charge < -0.3 is 25.9 Å². The summed E-state index contributed by atoms with van der Waals surface area (Å²) in [4.78, 5) is 30.0. The van der Waals surface area contributed by atoms with E-state index in [9.17, 15) is 19.1 Å². The molecule has 0 aromatic heterocycles. The molecule has 4 rings (SSSR count). The predicted octanol–water partition coefficient (Wildman–Crippen LogP) is 7.50. The van der Waals surface area contributed by atoms with Crippen LogP contribution in [0.1, 0.15) is 79.8 Å². The minimum Gasteiger partial charge on any atom is -0.494 e. The summed E-state index contributed by atoms with van der Waals surface area (Å²) >= 11 is 0. The van der Waals surface area contributed by atoms with Crippen LogP contribution in [0.2, 0.25) is 0 Å². The van der Waals surface area contributed by atoms with Gasteiger partial charge in [-0.15, -0.1) is 6.58 Å². The molecular weight excluding hydrogens is 614 g/mol. The quantitative estimate of drug-likeness (QED) is 0.0845. The number of hydrogen-bond acceptors (Lipinski definition) is 7. The molecule has 1 aliphatic carbocycles. The Morgan fingerprint density at radius 3 is 2.77 bits per heavy atom. The number of carbonyl (C=O) groups is 2. The Labute approximate surface area is 280 Å². The number of nitrogens with one attached hydrogen (secondary N) is 3. The number of aliphatic hydroxyl groups excluding tert-OH is 1. The fourth-order valence-electron chi connectivity index (χ4n) is 5.89. The molecule has 0 saturated heterocycles. The first-order chi connectivity index (χ1) is 23.2. The molecule has 2 unspecified atom stereocenters. The Bertz CT molecular complexity index is 1660. The van der Waals surface area contributed by atoms with Crippen LogP contribution in [0.15, 0.2) is 78.1 Å². The largest absolute Gasteiger partial charge is 0.494 e. The number of methoxy groups -OCH3 is 1. The molecule has 2 aromatic rings. The SMILES string of the molecule is C=CCCC(O)CC(=O)NCCC(=N)CC(=O)c1ccc(N/C2=C\C/C=C\CCC3C(c4ccc(OC)c(F)c4F)=CN=C23)cc1CC. The molecule has 0 bridgehead atoms. The van der Waals surface area contributed by atoms with Crippen LogP contribution in [0.5, 0.6) is 5.75 Å². The minimum atomic E-state index is -1.03. The Hall–Kier alpha value is -4.70. The molecule has 0 saturated carbocycles. The van der Waals surface area contributed by atoms with Gasteiger partial charge in [0.1, 0.15) is 0 Å². The third-order valence-electron chi connectivity index (χ3n) is 8.46. The lowest BCUT2D eigenvalue weighted by molar-refractivity contribution is -0.123. The number of aryl methyl sites for hydroxylation is 1. The van der Waals surface area contributed by atoms with Gasteiger partial charge >= 0.3 is 0 Å². The number of allylic oxidation sites excluding steroid dienone is 6. The number of carbonyl (C=O) groups excluding carboxylic acids is 2. The normalized spacial score (nSPS) is 18.0. The molecule has 48 heavy (non-hydrogen) atoms. The maximum absolute atomic E-state index is 15.1. The number of benzene rings is 2. The van der Waals surface area contributed by atoms with Gasteiger partial charge in [0.15, 0.2) is 17.3 Å². The van der Waals surface area contributed by atoms with E-state index in [2.05, 4.69) is 34.4 Å². The standard InChI is InChI=1S/C38H44F2N4O4/c1-4-6-11-27(45)22-35(47)42-19-18-25(41)21-33(46)28-15-14-26(20-24(28)5-2)44-32-13-10-8-7-9-12-30-31(23-43-38(30)32)29-16-17-34(48-3)37(40)36(29)39/h4,7-8,13-17,20,23,27,30,41,44-45H,1,5-6,9-12,18-19,21-22H2,2-3H3,(H,42,47)/b8-7-,32-13-,41-25?. The molecule has 1 amide bonds. The van der Waals surface area contributed by atoms with Crippen molar-refractivity contribution in [2.75, 3.05) is 19.0 Å². The summed E-state index contributed by atoms with van der Waals surface area (Å²) < 4.78 is 34.7. The molecule has 8 nitrogen and oxygen atoms in total. The maximum Gasteiger partial charge on any atom is 0.222 e. The van der Waals surface area contributed by atoms with Crippen LogP contribution in [0.4, 0.5) is 14.5 Å². The third kappa shape index (κ3) is 9.22. The highest BCUT2D eigenvalue weighted by Gasteiger charge is 2.31. The number of aliphatic hydroxyl groups is 1. The Morgan fingerprint density at radius 1 is 1.21 bits per heavy atom. The van der Waals surface area contributed by atoms with Gasteiger partial charge in [0.2, 0.25) is 11.7 Å². The number of Topliss-reactive ketones (excluding diaryl/α,β-unsaturated/α-hetero) is 1. The van der Waals surface area contributed by atoms with Crippen LogP contribution in [0, 0.1) is 23.0 Å². The molecule has 0 spiro atoms. The molecule has 2 aliphatic rings. The Balaban J connectivity index is 1.41. The molecular formula is C38H44F2N4O4. The number of anilines is 1. The summed E-state index contributed by atoms with van der Waals surface area (Å²) in [5, 5.41) is 24.4. The van der Waals surface area contributed by atoms with E-state index in [1.165, 1.54) is 19.2 Å². The predicted molar refractivity (Wildman–Crippen MR) is 187 cm³/mol. The fourth-order valence-corrected chi connectivity index (χ4v) is 5.89. The average Bonchev–Trinajstić information content (AvgIpc) is 3.51. The lowest BCUT2D eigenvalue weighted by Gasteiger charge is -2.21. The number of amides is 1. The maximum atomic E-state index is 15.1. The van der Waals surface area contributed by atoms with Gasteiger partial charge in [-0.1, -0.05) is 31.2 Å². The van der Waals surface area contributed by atoms with Gasteiger partial charge in [0, 0.05) is 54.0 Å². The van der Waals surface area contributed by atoms with E-state index < -0.39 is 17.7 Å². The summed E-state index contributed by atoms with van der Waals surface area (Å²) in [7, 11) is 1.30. The van der Waals surface area contributed by atoms with E-state index in [0.717, 1.165) is 29.1 Å². The molecule has 4 N–H and O–H groups in total. The van der Waals surface area contributed by atoms with Crippen molar-refractivity contribution in [1.82, 2.24) is 5.32 Å². The van der Waals surface area contributed by atoms with Crippen molar-refractivity contribution in [1.29, 1.82) is 5.41 Å². The van der Waals surface area contributed by atoms with E-state index in [4.69, 9.17) is 10.1 Å². The highest BCUT2D eigenvalue weighted by atomic mass is 19.2. The molecule has 1 aliphatic heterocycles. The number of nitrogens with zero attached hydrogens (tertiary/aromatic N) is 1.